The van der Waals surface area contributed by atoms with Crippen LogP contribution in [0.3, 0.4) is 0 Å². The number of benzene rings is 2. The predicted octanol–water partition coefficient (Wildman–Crippen LogP) is 4.83. The molecule has 0 atom stereocenters. The van der Waals surface area contributed by atoms with E-state index in [1.54, 1.807) is 24.6 Å². The van der Waals surface area contributed by atoms with Gasteiger partial charge in [-0.15, -0.1) is 11.3 Å². The van der Waals surface area contributed by atoms with Crippen LogP contribution in [0.5, 0.6) is 5.75 Å². The van der Waals surface area contributed by atoms with E-state index in [2.05, 4.69) is 16.4 Å². The van der Waals surface area contributed by atoms with E-state index in [0.717, 1.165) is 33.1 Å². The zero-order valence-corrected chi connectivity index (χ0v) is 14.4. The first-order valence-electron chi connectivity index (χ1n) is 7.69. The normalized spacial score (nSPS) is 10.4. The van der Waals surface area contributed by atoms with Gasteiger partial charge in [0.15, 0.2) is 0 Å². The monoisotopic (exact) mass is 338 g/mol. The van der Waals surface area contributed by atoms with E-state index in [1.165, 1.54) is 0 Å². The summed E-state index contributed by atoms with van der Waals surface area (Å²) in [6, 6.07) is 13.8. The van der Waals surface area contributed by atoms with Gasteiger partial charge in [0, 0.05) is 34.8 Å². The average Bonchev–Trinajstić information content (AvgIpc) is 3.16. The van der Waals surface area contributed by atoms with E-state index in [1.807, 2.05) is 48.7 Å². The van der Waals surface area contributed by atoms with Gasteiger partial charge in [-0.1, -0.05) is 19.1 Å². The summed E-state index contributed by atoms with van der Waals surface area (Å²) < 4.78 is 5.50. The van der Waals surface area contributed by atoms with E-state index < -0.39 is 0 Å². The number of amides is 1. The largest absolute Gasteiger partial charge is 0.496 e. The minimum Gasteiger partial charge on any atom is -0.496 e. The number of thiazole rings is 1. The van der Waals surface area contributed by atoms with E-state index in [0.29, 0.717) is 6.42 Å². The Balaban J connectivity index is 1.95. The third-order valence-electron chi connectivity index (χ3n) is 3.68. The van der Waals surface area contributed by atoms with Crippen molar-refractivity contribution in [2.45, 2.75) is 13.3 Å². The fourth-order valence-corrected chi connectivity index (χ4v) is 3.05. The van der Waals surface area contributed by atoms with Gasteiger partial charge >= 0.3 is 0 Å². The highest BCUT2D eigenvalue weighted by Crippen LogP contribution is 2.35. The van der Waals surface area contributed by atoms with Gasteiger partial charge in [0.05, 0.1) is 7.11 Å². The number of aromatic nitrogens is 1. The number of hydrogen-bond donors (Lipinski definition) is 1. The summed E-state index contributed by atoms with van der Waals surface area (Å²) in [7, 11) is 1.66. The highest BCUT2D eigenvalue weighted by Gasteiger charge is 2.10. The van der Waals surface area contributed by atoms with Crippen molar-refractivity contribution in [2.75, 3.05) is 12.4 Å². The number of ether oxygens (including phenoxy) is 1. The zero-order valence-electron chi connectivity index (χ0n) is 13.6. The minimum atomic E-state index is 0.00565. The quantitative estimate of drug-likeness (QED) is 0.724. The zero-order chi connectivity index (χ0) is 16.9. The van der Waals surface area contributed by atoms with E-state index in [4.69, 9.17) is 4.74 Å². The Labute approximate surface area is 145 Å². The second-order valence-corrected chi connectivity index (χ2v) is 6.13. The molecule has 3 rings (SSSR count). The molecule has 0 bridgehead atoms. The van der Waals surface area contributed by atoms with Crippen molar-refractivity contribution in [3.63, 3.8) is 0 Å². The maximum atomic E-state index is 11.5. The van der Waals surface area contributed by atoms with Gasteiger partial charge in [-0.3, -0.25) is 4.79 Å². The van der Waals surface area contributed by atoms with Crippen molar-refractivity contribution in [2.24, 2.45) is 0 Å². The first kappa shape index (κ1) is 16.2. The van der Waals surface area contributed by atoms with Crippen LogP contribution in [0, 0.1) is 0 Å². The summed E-state index contributed by atoms with van der Waals surface area (Å²) in [5.41, 5.74) is 3.88. The molecule has 0 unspecified atom stereocenters. The molecule has 4 nitrogen and oxygen atoms in total. The Kier molecular flexibility index (Phi) is 4.91. The van der Waals surface area contributed by atoms with E-state index >= 15 is 0 Å². The predicted molar refractivity (Wildman–Crippen MR) is 98.5 cm³/mol. The van der Waals surface area contributed by atoms with Crippen molar-refractivity contribution in [1.82, 2.24) is 4.98 Å². The Morgan fingerprint density at radius 2 is 1.92 bits per heavy atom. The molecule has 1 heterocycles. The number of hydrogen-bond acceptors (Lipinski definition) is 4. The summed E-state index contributed by atoms with van der Waals surface area (Å²) >= 11 is 1.61. The van der Waals surface area contributed by atoms with Crippen LogP contribution in [0.2, 0.25) is 0 Å². The number of anilines is 1. The molecule has 0 saturated heterocycles. The highest BCUT2D eigenvalue weighted by molar-refractivity contribution is 7.13. The third kappa shape index (κ3) is 3.46. The van der Waals surface area contributed by atoms with Gasteiger partial charge < -0.3 is 10.1 Å². The Bertz CT molecular complexity index is 827. The fraction of sp³-hybridized carbons (Fsp3) is 0.158. The summed E-state index contributed by atoms with van der Waals surface area (Å²) in [6.45, 7) is 1.83. The lowest BCUT2D eigenvalue weighted by Gasteiger charge is -2.11. The van der Waals surface area contributed by atoms with Crippen molar-refractivity contribution in [1.29, 1.82) is 0 Å². The number of carbonyl (C=O) groups excluding carboxylic acids is 1. The molecule has 0 aliphatic rings. The molecule has 1 amide bonds. The summed E-state index contributed by atoms with van der Waals surface area (Å²) in [6.07, 6.45) is 2.26. The molecule has 0 spiro atoms. The molecule has 5 heteroatoms. The van der Waals surface area contributed by atoms with Gasteiger partial charge in [0.2, 0.25) is 5.91 Å². The van der Waals surface area contributed by atoms with Crippen LogP contribution in [-0.4, -0.2) is 18.0 Å². The lowest BCUT2D eigenvalue weighted by atomic mass is 10.0. The van der Waals surface area contributed by atoms with Crippen molar-refractivity contribution < 1.29 is 9.53 Å². The molecule has 3 aromatic rings. The lowest BCUT2D eigenvalue weighted by Crippen LogP contribution is -2.09. The SMILES string of the molecule is CCC(=O)Nc1ccc(-c2cc(-c3nccs3)ccc2OC)cc1. The van der Waals surface area contributed by atoms with Crippen LogP contribution in [0.4, 0.5) is 5.69 Å². The molecule has 122 valence electrons. The Morgan fingerprint density at radius 3 is 2.54 bits per heavy atom. The molecular formula is C19H18N2O2S. The molecule has 1 N–H and O–H groups in total. The van der Waals surface area contributed by atoms with Gasteiger partial charge in [0.25, 0.3) is 0 Å². The van der Waals surface area contributed by atoms with Crippen molar-refractivity contribution in [3.8, 4) is 27.4 Å². The van der Waals surface area contributed by atoms with Crippen LogP contribution in [0.1, 0.15) is 13.3 Å². The van der Waals surface area contributed by atoms with Crippen molar-refractivity contribution >= 4 is 22.9 Å². The molecule has 1 aromatic heterocycles. The molecule has 24 heavy (non-hydrogen) atoms. The molecule has 2 aromatic carbocycles. The molecule has 0 radical (unpaired) electrons. The number of nitrogens with one attached hydrogen (secondary N) is 1. The first-order chi connectivity index (χ1) is 11.7. The number of rotatable bonds is 5. The van der Waals surface area contributed by atoms with Gasteiger partial charge in [-0.25, -0.2) is 4.98 Å². The summed E-state index contributed by atoms with van der Waals surface area (Å²) in [4.78, 5) is 15.8. The second-order valence-electron chi connectivity index (χ2n) is 5.23. The fourth-order valence-electron chi connectivity index (χ4n) is 2.42. The Hall–Kier alpha value is -2.66. The number of carbonyl (C=O) groups is 1. The van der Waals surface area contributed by atoms with Crippen molar-refractivity contribution in [3.05, 3.63) is 54.0 Å². The number of nitrogens with zero attached hydrogens (tertiary/aromatic N) is 1. The molecule has 0 aliphatic carbocycles. The maximum Gasteiger partial charge on any atom is 0.224 e. The van der Waals surface area contributed by atoms with Crippen LogP contribution >= 0.6 is 11.3 Å². The van der Waals surface area contributed by atoms with Crippen LogP contribution < -0.4 is 10.1 Å². The summed E-state index contributed by atoms with van der Waals surface area (Å²) in [5, 5.41) is 5.79. The smallest absolute Gasteiger partial charge is 0.224 e. The standard InChI is InChI=1S/C19H18N2O2S/c1-3-18(22)21-15-7-4-13(5-8-15)16-12-14(6-9-17(16)23-2)19-20-10-11-24-19/h4-12H,3H2,1-2H3,(H,21,22). The van der Waals surface area contributed by atoms with Gasteiger partial charge in [-0.05, 0) is 35.9 Å². The highest BCUT2D eigenvalue weighted by atomic mass is 32.1. The first-order valence-corrected chi connectivity index (χ1v) is 8.57. The lowest BCUT2D eigenvalue weighted by molar-refractivity contribution is -0.115. The van der Waals surface area contributed by atoms with Crippen LogP contribution in [0.25, 0.3) is 21.7 Å². The van der Waals surface area contributed by atoms with Crippen LogP contribution in [0.15, 0.2) is 54.0 Å². The van der Waals surface area contributed by atoms with Crippen LogP contribution in [-0.2, 0) is 4.79 Å². The minimum absolute atomic E-state index is 0.00565. The van der Waals surface area contributed by atoms with E-state index in [-0.39, 0.29) is 5.91 Å². The molecule has 0 fully saturated rings. The van der Waals surface area contributed by atoms with E-state index in [9.17, 15) is 4.79 Å². The van der Waals surface area contributed by atoms with Gasteiger partial charge in [-0.2, -0.15) is 0 Å². The Morgan fingerprint density at radius 1 is 1.17 bits per heavy atom. The topological polar surface area (TPSA) is 51.2 Å². The molecule has 0 saturated carbocycles. The average molecular weight is 338 g/mol. The maximum absolute atomic E-state index is 11.5. The molecule has 0 aliphatic heterocycles. The molecular weight excluding hydrogens is 320 g/mol. The number of methoxy groups -OCH3 is 1. The summed E-state index contributed by atoms with van der Waals surface area (Å²) in [5.74, 6) is 0.812. The van der Waals surface area contributed by atoms with Gasteiger partial charge in [0.1, 0.15) is 10.8 Å². The second kappa shape index (κ2) is 7.27. The third-order valence-corrected chi connectivity index (χ3v) is 4.50.